The molecule has 1 unspecified atom stereocenters. The number of aliphatic carboxylic acids is 1. The van der Waals surface area contributed by atoms with Gasteiger partial charge in [-0.2, -0.15) is 5.10 Å². The molecule has 0 saturated carbocycles. The van der Waals surface area contributed by atoms with Crippen molar-refractivity contribution >= 4 is 5.97 Å². The van der Waals surface area contributed by atoms with Gasteiger partial charge in [0.1, 0.15) is 0 Å². The Hall–Kier alpha value is -1.36. The minimum atomic E-state index is -0.785. The molecule has 1 atom stereocenters. The molecule has 2 rings (SSSR count). The smallest absolute Gasteiger partial charge is 0.312 e. The van der Waals surface area contributed by atoms with Gasteiger partial charge in [-0.1, -0.05) is 13.8 Å². The molecule has 0 spiro atoms. The summed E-state index contributed by atoms with van der Waals surface area (Å²) in [6, 6.07) is 2.33. The zero-order valence-electron chi connectivity index (χ0n) is 11.6. The predicted octanol–water partition coefficient (Wildman–Crippen LogP) is 2.28. The molecule has 2 heterocycles. The second kappa shape index (κ2) is 5.74. The second-order valence-electron chi connectivity index (χ2n) is 5.32. The molecule has 1 fully saturated rings. The average molecular weight is 266 g/mol. The number of ether oxygens (including phenoxy) is 1. The van der Waals surface area contributed by atoms with Gasteiger partial charge in [0.2, 0.25) is 0 Å². The zero-order valence-corrected chi connectivity index (χ0v) is 11.6. The highest BCUT2D eigenvalue weighted by Gasteiger charge is 2.43. The predicted molar refractivity (Wildman–Crippen MR) is 71.1 cm³/mol. The summed E-state index contributed by atoms with van der Waals surface area (Å²) in [6.07, 6.45) is 5.05. The lowest BCUT2D eigenvalue weighted by atomic mass is 9.83. The number of carboxylic acid groups (broad SMARTS) is 1. The van der Waals surface area contributed by atoms with Crippen molar-refractivity contribution in [1.29, 1.82) is 0 Å². The summed E-state index contributed by atoms with van der Waals surface area (Å²) >= 11 is 0. The Kier molecular flexibility index (Phi) is 4.24. The summed E-state index contributed by atoms with van der Waals surface area (Å²) in [5, 5.41) is 14.0. The Morgan fingerprint density at radius 1 is 1.58 bits per heavy atom. The first-order valence-corrected chi connectivity index (χ1v) is 6.96. The van der Waals surface area contributed by atoms with E-state index in [0.717, 1.165) is 18.5 Å². The third kappa shape index (κ3) is 2.81. The topological polar surface area (TPSA) is 64.4 Å². The first kappa shape index (κ1) is 14.1. The molecule has 0 aromatic carbocycles. The fourth-order valence-electron chi connectivity index (χ4n) is 2.68. The van der Waals surface area contributed by atoms with Gasteiger partial charge in [0.15, 0.2) is 0 Å². The Morgan fingerprint density at radius 3 is 2.84 bits per heavy atom. The van der Waals surface area contributed by atoms with Crippen molar-refractivity contribution in [2.45, 2.75) is 45.6 Å². The summed E-state index contributed by atoms with van der Waals surface area (Å²) in [5.74, 6) is -0.776. The van der Waals surface area contributed by atoms with Crippen LogP contribution >= 0.6 is 0 Å². The van der Waals surface area contributed by atoms with Crippen molar-refractivity contribution in [3.05, 3.63) is 18.0 Å². The van der Waals surface area contributed by atoms with Gasteiger partial charge >= 0.3 is 5.97 Å². The molecule has 106 valence electrons. The van der Waals surface area contributed by atoms with Crippen LogP contribution < -0.4 is 0 Å². The van der Waals surface area contributed by atoms with Crippen LogP contribution in [-0.4, -0.2) is 34.1 Å². The molecule has 1 aromatic rings. The van der Waals surface area contributed by atoms with Gasteiger partial charge in [-0.05, 0) is 25.3 Å². The molecule has 0 amide bonds. The van der Waals surface area contributed by atoms with E-state index in [0.29, 0.717) is 32.1 Å². The molecule has 0 bridgehead atoms. The molecule has 5 heteroatoms. The van der Waals surface area contributed by atoms with Gasteiger partial charge in [-0.25, -0.2) is 0 Å². The second-order valence-corrected chi connectivity index (χ2v) is 5.32. The Bertz CT molecular complexity index is 432. The van der Waals surface area contributed by atoms with Crippen molar-refractivity contribution in [1.82, 2.24) is 9.78 Å². The van der Waals surface area contributed by atoms with Crippen molar-refractivity contribution < 1.29 is 14.6 Å². The fraction of sp³-hybridized carbons (Fsp3) is 0.714. The lowest BCUT2D eigenvalue weighted by Crippen LogP contribution is -2.34. The van der Waals surface area contributed by atoms with Gasteiger partial charge in [0.05, 0.1) is 23.8 Å². The van der Waals surface area contributed by atoms with Crippen LogP contribution in [0.15, 0.2) is 12.3 Å². The standard InChI is InChI=1S/C14H22N2O3/c1-3-12(4-2)16-7-5-11(15-16)9-14(13(17)18)6-8-19-10-14/h5,7,12H,3-4,6,8-10H2,1-2H3,(H,17,18). The van der Waals surface area contributed by atoms with E-state index in [-0.39, 0.29) is 0 Å². The summed E-state index contributed by atoms with van der Waals surface area (Å²) in [7, 11) is 0. The molecule has 1 N–H and O–H groups in total. The van der Waals surface area contributed by atoms with Gasteiger partial charge in [-0.15, -0.1) is 0 Å². The molecule has 1 saturated heterocycles. The molecule has 1 aromatic heterocycles. The first-order valence-electron chi connectivity index (χ1n) is 6.96. The number of nitrogens with zero attached hydrogens (tertiary/aromatic N) is 2. The zero-order chi connectivity index (χ0) is 13.9. The van der Waals surface area contributed by atoms with Gasteiger partial charge < -0.3 is 9.84 Å². The summed E-state index contributed by atoms with van der Waals surface area (Å²) in [4.78, 5) is 11.5. The van der Waals surface area contributed by atoms with Gasteiger partial charge in [-0.3, -0.25) is 9.48 Å². The molecular weight excluding hydrogens is 244 g/mol. The summed E-state index contributed by atoms with van der Waals surface area (Å²) < 4.78 is 7.23. The van der Waals surface area contributed by atoms with Crippen molar-refractivity contribution in [2.75, 3.05) is 13.2 Å². The molecule has 1 aliphatic heterocycles. The van der Waals surface area contributed by atoms with Crippen LogP contribution in [0.25, 0.3) is 0 Å². The van der Waals surface area contributed by atoms with E-state index < -0.39 is 11.4 Å². The van der Waals surface area contributed by atoms with E-state index in [1.165, 1.54) is 0 Å². The first-order chi connectivity index (χ1) is 9.11. The normalized spacial score (nSPS) is 23.1. The van der Waals surface area contributed by atoms with E-state index in [1.807, 2.05) is 16.9 Å². The SMILES string of the molecule is CCC(CC)n1ccc(CC2(C(=O)O)CCOC2)n1. The van der Waals surface area contributed by atoms with Crippen LogP contribution in [0.5, 0.6) is 0 Å². The number of rotatable bonds is 6. The number of carboxylic acids is 1. The molecule has 0 aliphatic carbocycles. The highest BCUT2D eigenvalue weighted by atomic mass is 16.5. The molecule has 1 aliphatic rings. The Morgan fingerprint density at radius 2 is 2.32 bits per heavy atom. The van der Waals surface area contributed by atoms with Crippen molar-refractivity contribution in [3.63, 3.8) is 0 Å². The van der Waals surface area contributed by atoms with Gasteiger partial charge in [0.25, 0.3) is 0 Å². The van der Waals surface area contributed by atoms with E-state index in [4.69, 9.17) is 4.74 Å². The molecule has 19 heavy (non-hydrogen) atoms. The van der Waals surface area contributed by atoms with E-state index >= 15 is 0 Å². The van der Waals surface area contributed by atoms with Crippen LogP contribution in [0.4, 0.5) is 0 Å². The van der Waals surface area contributed by atoms with E-state index in [9.17, 15) is 9.90 Å². The largest absolute Gasteiger partial charge is 0.481 e. The van der Waals surface area contributed by atoms with Crippen LogP contribution in [0.3, 0.4) is 0 Å². The monoisotopic (exact) mass is 266 g/mol. The fourth-order valence-corrected chi connectivity index (χ4v) is 2.68. The lowest BCUT2D eigenvalue weighted by molar-refractivity contribution is -0.148. The van der Waals surface area contributed by atoms with Crippen LogP contribution in [-0.2, 0) is 16.0 Å². The maximum Gasteiger partial charge on any atom is 0.312 e. The minimum absolute atomic E-state index is 0.292. The minimum Gasteiger partial charge on any atom is -0.481 e. The number of aromatic nitrogens is 2. The van der Waals surface area contributed by atoms with Crippen molar-refractivity contribution in [3.8, 4) is 0 Å². The summed E-state index contributed by atoms with van der Waals surface area (Å²) in [5.41, 5.74) is 0.0624. The maximum absolute atomic E-state index is 11.5. The van der Waals surface area contributed by atoms with Crippen LogP contribution in [0.1, 0.15) is 44.8 Å². The Labute approximate surface area is 113 Å². The van der Waals surface area contributed by atoms with E-state index in [1.54, 1.807) is 0 Å². The quantitative estimate of drug-likeness (QED) is 0.858. The Balaban J connectivity index is 2.12. The van der Waals surface area contributed by atoms with Crippen molar-refractivity contribution in [2.24, 2.45) is 5.41 Å². The van der Waals surface area contributed by atoms with Gasteiger partial charge in [0, 0.05) is 19.2 Å². The third-order valence-electron chi connectivity index (χ3n) is 4.06. The number of hydrogen-bond acceptors (Lipinski definition) is 3. The third-order valence-corrected chi connectivity index (χ3v) is 4.06. The molecular formula is C14H22N2O3. The summed E-state index contributed by atoms with van der Waals surface area (Å²) in [6.45, 7) is 5.10. The average Bonchev–Trinajstić information content (AvgIpc) is 3.02. The highest BCUT2D eigenvalue weighted by Crippen LogP contribution is 2.32. The molecule has 0 radical (unpaired) electrons. The van der Waals surface area contributed by atoms with Crippen LogP contribution in [0, 0.1) is 5.41 Å². The number of carbonyl (C=O) groups is 1. The van der Waals surface area contributed by atoms with Crippen LogP contribution in [0.2, 0.25) is 0 Å². The number of hydrogen-bond donors (Lipinski definition) is 1. The lowest BCUT2D eigenvalue weighted by Gasteiger charge is -2.20. The van der Waals surface area contributed by atoms with E-state index in [2.05, 4.69) is 18.9 Å². The maximum atomic E-state index is 11.5. The highest BCUT2D eigenvalue weighted by molar-refractivity contribution is 5.75. The molecule has 5 nitrogen and oxygen atoms in total.